The number of H-pyrrole nitrogens is 2. The summed E-state index contributed by atoms with van der Waals surface area (Å²) in [6.45, 7) is -3.70. The summed E-state index contributed by atoms with van der Waals surface area (Å²) in [6.07, 6.45) is -11.8. The van der Waals surface area contributed by atoms with Crippen LogP contribution in [-0.2, 0) is 80.1 Å². The van der Waals surface area contributed by atoms with Crippen LogP contribution in [0.2, 0.25) is 0 Å². The Hall–Kier alpha value is -4.96. The molecule has 3 saturated heterocycles. The average molecular weight is 1240 g/mol. The number of aromatic nitrogens is 12. The van der Waals surface area contributed by atoms with E-state index in [-0.39, 0.29) is 57.8 Å². The maximum absolute atomic E-state index is 14.4. The van der Waals surface area contributed by atoms with Crippen molar-refractivity contribution in [3.05, 3.63) is 46.0 Å². The maximum Gasteiger partial charge on any atom is 0.490 e. The summed E-state index contributed by atoms with van der Waals surface area (Å²) in [4.78, 5) is 107. The van der Waals surface area contributed by atoms with Gasteiger partial charge in [-0.05, 0) is 0 Å². The van der Waals surface area contributed by atoms with E-state index in [1.165, 1.54) is 29.6 Å². The number of anilines is 3. The molecule has 16 N–H and O–H groups in total. The minimum atomic E-state index is -6.45. The van der Waals surface area contributed by atoms with E-state index in [0.717, 1.165) is 35.2 Å². The van der Waals surface area contributed by atoms with Crippen LogP contribution in [0.25, 0.3) is 33.5 Å². The fourth-order valence-corrected chi connectivity index (χ4v) is 15.8. The van der Waals surface area contributed by atoms with Crippen LogP contribution in [0.3, 0.4) is 0 Å². The van der Waals surface area contributed by atoms with Gasteiger partial charge in [-0.1, -0.05) is 4.98 Å². The molecule has 3 aliphatic rings. The van der Waals surface area contributed by atoms with E-state index in [2.05, 4.69) is 52.8 Å². The van der Waals surface area contributed by atoms with E-state index in [1.54, 1.807) is 0 Å². The summed E-state index contributed by atoms with van der Waals surface area (Å²) in [6, 6.07) is 0. The number of aryl methyl sites for hydroxylation is 1. The predicted molar refractivity (Wildman–Crippen MR) is 258 cm³/mol. The molecule has 440 valence electrons. The number of hydrogen-bond donors (Lipinski definition) is 13. The van der Waals surface area contributed by atoms with Gasteiger partial charge in [-0.2, -0.15) is 17.9 Å². The molecule has 9 rings (SSSR count). The van der Waals surface area contributed by atoms with Crippen molar-refractivity contribution in [1.29, 1.82) is 0 Å². The molecule has 46 heteroatoms. The number of methoxy groups -OCH3 is 2. The molecule has 0 bridgehead atoms. The van der Waals surface area contributed by atoms with Crippen molar-refractivity contribution in [1.82, 2.24) is 53.6 Å². The van der Waals surface area contributed by atoms with E-state index in [4.69, 9.17) is 54.5 Å². The smallest absolute Gasteiger partial charge is 0.387 e. The molecule has 0 radical (unpaired) electrons. The Morgan fingerprint density at radius 3 is 1.89 bits per heavy atom. The van der Waals surface area contributed by atoms with Crippen molar-refractivity contribution in [2.75, 3.05) is 57.8 Å². The van der Waals surface area contributed by atoms with Crippen LogP contribution in [-0.4, -0.2) is 182 Å². The molecule has 3 fully saturated rings. The number of phosphoric ester groups is 2. The van der Waals surface area contributed by atoms with Gasteiger partial charge in [0.05, 0.1) is 52.2 Å². The number of ether oxygens (including phenoxy) is 5. The first kappa shape index (κ1) is 59.7. The lowest BCUT2D eigenvalue weighted by atomic mass is 9.99. The lowest BCUT2D eigenvalue weighted by Gasteiger charge is -2.28. The minimum Gasteiger partial charge on any atom is -0.387 e. The minimum absolute atomic E-state index is 0.00786. The van der Waals surface area contributed by atoms with Crippen LogP contribution in [0.15, 0.2) is 34.9 Å². The highest BCUT2D eigenvalue weighted by Crippen LogP contribution is 2.72. The van der Waals surface area contributed by atoms with Gasteiger partial charge in [-0.25, -0.2) is 42.8 Å². The Labute approximate surface area is 444 Å². The van der Waals surface area contributed by atoms with Crippen molar-refractivity contribution in [3.8, 4) is 0 Å². The zero-order valence-corrected chi connectivity index (χ0v) is 45.4. The van der Waals surface area contributed by atoms with Crippen LogP contribution in [0.1, 0.15) is 18.7 Å². The fraction of sp³-hybridized carbons (Fsp3) is 0.559. The van der Waals surface area contributed by atoms with Crippen molar-refractivity contribution in [3.63, 3.8) is 0 Å². The number of phosphoric acid groups is 4. The molecule has 0 amide bonds. The van der Waals surface area contributed by atoms with Crippen LogP contribution in [0, 0.1) is 5.92 Å². The molecule has 0 aliphatic carbocycles. The first-order valence-electron chi connectivity index (χ1n) is 22.6. The number of aliphatic hydroxyl groups is 3. The van der Waals surface area contributed by atoms with Gasteiger partial charge in [-0.15, -0.1) is 0 Å². The van der Waals surface area contributed by atoms with E-state index in [1.807, 2.05) is 0 Å². The molecular formula is C34H49N15O26P5+. The first-order valence-corrected chi connectivity index (χ1v) is 30.2. The number of nitrogen functional groups attached to an aromatic ring is 3. The molecule has 0 spiro atoms. The summed E-state index contributed by atoms with van der Waals surface area (Å²) in [5.74, 6) is -1.83. The van der Waals surface area contributed by atoms with Crippen molar-refractivity contribution in [2.24, 2.45) is 13.0 Å². The van der Waals surface area contributed by atoms with Gasteiger partial charge in [0.2, 0.25) is 17.7 Å². The lowest BCUT2D eigenvalue weighted by molar-refractivity contribution is -0.745. The molecule has 3 aliphatic heterocycles. The second-order valence-electron chi connectivity index (χ2n) is 17.7. The third-order valence-corrected chi connectivity index (χ3v) is 20.3. The molecule has 6 aromatic heterocycles. The summed E-state index contributed by atoms with van der Waals surface area (Å²) in [5, 5.41) is 33.2. The topological polar surface area (TPSA) is 589 Å². The number of imidazole rings is 3. The maximum atomic E-state index is 14.4. The quantitative estimate of drug-likeness (QED) is 0.0230. The van der Waals surface area contributed by atoms with Gasteiger partial charge in [0.15, 0.2) is 41.4 Å². The van der Waals surface area contributed by atoms with Gasteiger partial charge in [0, 0.05) is 20.1 Å². The molecule has 6 aromatic rings. The Balaban J connectivity index is 0.868. The Morgan fingerprint density at radius 2 is 1.24 bits per heavy atom. The first-order chi connectivity index (χ1) is 37.4. The van der Waals surface area contributed by atoms with Crippen molar-refractivity contribution >= 4 is 90.1 Å². The molecule has 9 heterocycles. The number of aliphatic hydroxyl groups excluding tert-OH is 3. The molecular weight excluding hydrogens is 1190 g/mol. The van der Waals surface area contributed by atoms with Crippen molar-refractivity contribution < 1.29 is 117 Å². The Kier molecular flexibility index (Phi) is 16.6. The highest BCUT2D eigenvalue weighted by atomic mass is 31.3. The van der Waals surface area contributed by atoms with E-state index in [9.17, 15) is 72.2 Å². The van der Waals surface area contributed by atoms with Gasteiger partial charge in [0.25, 0.3) is 17.1 Å². The number of nitrogens with zero attached hydrogens (tertiary/aromatic N) is 10. The molecule has 17 atom stereocenters. The highest BCUT2D eigenvalue weighted by Gasteiger charge is 2.58. The molecule has 0 saturated carbocycles. The predicted octanol–water partition coefficient (Wildman–Crippen LogP) is -3.62. The molecule has 80 heavy (non-hydrogen) atoms. The van der Waals surface area contributed by atoms with E-state index in [0.29, 0.717) is 0 Å². The number of fused-ring (bicyclic) bond motifs is 3. The van der Waals surface area contributed by atoms with Crippen LogP contribution in [0.5, 0.6) is 0 Å². The second-order valence-corrected chi connectivity index (χ2v) is 25.9. The fourth-order valence-electron chi connectivity index (χ4n) is 9.12. The highest BCUT2D eigenvalue weighted by molar-refractivity contribution is 7.69. The third kappa shape index (κ3) is 12.0. The van der Waals surface area contributed by atoms with Crippen LogP contribution in [0.4, 0.5) is 17.7 Å². The summed E-state index contributed by atoms with van der Waals surface area (Å²) >= 11 is 0. The van der Waals surface area contributed by atoms with Crippen LogP contribution >= 0.6 is 38.9 Å². The average Bonchev–Trinajstić information content (AvgIpc) is 4.21. The molecule has 0 aromatic carbocycles. The van der Waals surface area contributed by atoms with E-state index >= 15 is 0 Å². The summed E-state index contributed by atoms with van der Waals surface area (Å²) < 4.78 is 127. The number of nitrogens with one attached hydrogen (secondary N) is 2. The third-order valence-electron chi connectivity index (χ3n) is 12.5. The Morgan fingerprint density at radius 1 is 0.662 bits per heavy atom. The molecule has 41 nitrogen and oxygen atoms in total. The number of nitrogens with two attached hydrogens (primary N) is 3. The zero-order valence-electron chi connectivity index (χ0n) is 40.9. The second kappa shape index (κ2) is 22.3. The number of hydrogen-bond acceptors (Lipinski definition) is 30. The van der Waals surface area contributed by atoms with Gasteiger partial charge in [-0.3, -0.25) is 46.9 Å². The SMILES string of the molecule is COC[C@H]1[C@@H](O)[C@H]([n+]2cn(C)c3c(=O)[nH]c(N)nc32)O[C@@H]1COP(=O)(O)OP(=O)(O)OP(=O)(O)OP(=O)(O)OCC1O[C@@H](n2cnc3c(N)ncnc32)[C@H](OC)[C@@H]1P(=O)(O)OC[C@H]1O[C@@H](n2cnc3c(=O)[nH]c(N)nc32)[C@H](O)[C@@H]1O. The van der Waals surface area contributed by atoms with Gasteiger partial charge >= 0.3 is 44.5 Å². The normalized spacial score (nSPS) is 30.1. The number of aromatic amines is 2. The largest absolute Gasteiger partial charge is 0.490 e. The standard InChI is InChI=1S/C34H48N15O26P5/c1-46-11-49(27-18(46)29(54)45-34(37)43-27)30-19(50)12(4-65-2)13(70-30)5-68-77(57,58)73-79(61,62)75-80(63,64)74-78(59,60)69-7-15-23(22(66-3)32(72-15)47-9-40-16-24(35)38-8-39-25(16)47)76(55,56)67-6-14-20(51)21(52)31(71-14)48-10-41-17-26(48)42-33(36)44-28(17)53/h8-15,19-23,30-32,50-52H,4-7H2,1-3H3,(H12-,35,36,37,38,39,42,43,44,45,53,54,55,56,57,58,59,60,61,62,63,64)/p+1/t12-,13-,14-,15?,19-,20-,21-,22-,23-,30-,31-,32-/m1/s1. The summed E-state index contributed by atoms with van der Waals surface area (Å²) in [5.41, 5.74) is 13.4. The summed E-state index contributed by atoms with van der Waals surface area (Å²) in [7, 11) is -26.5. The van der Waals surface area contributed by atoms with Crippen molar-refractivity contribution in [2.45, 2.75) is 67.1 Å². The zero-order chi connectivity index (χ0) is 58.2. The van der Waals surface area contributed by atoms with Gasteiger partial charge < -0.3 is 85.2 Å². The monoisotopic (exact) mass is 1240 g/mol. The Bertz CT molecular complexity index is 3690. The number of rotatable bonds is 22. The van der Waals surface area contributed by atoms with Gasteiger partial charge in [0.1, 0.15) is 54.1 Å². The van der Waals surface area contributed by atoms with E-state index < -0.39 is 143 Å². The lowest BCUT2D eigenvalue weighted by Crippen LogP contribution is -2.45. The molecule has 6 unspecified atom stereocenters. The van der Waals surface area contributed by atoms with Crippen LogP contribution < -0.4 is 32.9 Å².